The minimum absolute atomic E-state index is 0.0615. The third-order valence-electron chi connectivity index (χ3n) is 4.77. The normalized spacial score (nSPS) is 11.1. The van der Waals surface area contributed by atoms with E-state index >= 15 is 0 Å². The van der Waals surface area contributed by atoms with Gasteiger partial charge in [-0.2, -0.15) is 0 Å². The van der Waals surface area contributed by atoms with Crippen LogP contribution < -0.4 is 27.7 Å². The van der Waals surface area contributed by atoms with E-state index < -0.39 is 17.2 Å². The Morgan fingerprint density at radius 3 is 2.82 bits per heavy atom. The number of aromatic nitrogens is 5. The van der Waals surface area contributed by atoms with Crippen molar-refractivity contribution >= 4 is 40.5 Å². The maximum absolute atomic E-state index is 13.1. The number of amides is 1. The molecule has 0 aliphatic rings. The first-order chi connectivity index (χ1) is 15.9. The van der Waals surface area contributed by atoms with Crippen molar-refractivity contribution in [1.29, 1.82) is 0 Å². The number of ether oxygens (including phenoxy) is 1. The van der Waals surface area contributed by atoms with Gasteiger partial charge in [0.05, 0.1) is 17.2 Å². The average molecular weight is 495 g/mol. The molecule has 0 spiro atoms. The van der Waals surface area contributed by atoms with Gasteiger partial charge in [-0.15, -0.1) is 21.5 Å². The summed E-state index contributed by atoms with van der Waals surface area (Å²) >= 11 is 2.55. The molecule has 0 saturated carbocycles. The minimum atomic E-state index is -0.735. The number of nitrogens with two attached hydrogens (primary N) is 2. The number of methoxy groups -OCH3 is 1. The zero-order valence-electron chi connectivity index (χ0n) is 18.3. The topological polar surface area (TPSA) is 167 Å². The first-order valence-corrected chi connectivity index (χ1v) is 12.0. The van der Waals surface area contributed by atoms with Gasteiger partial charge in [-0.1, -0.05) is 31.2 Å². The first kappa shape index (κ1) is 24.5. The molecule has 14 heteroatoms. The van der Waals surface area contributed by atoms with E-state index in [9.17, 15) is 14.4 Å². The molecule has 0 aromatic carbocycles. The number of aromatic amines is 1. The van der Waals surface area contributed by atoms with Gasteiger partial charge in [-0.3, -0.25) is 19.1 Å². The fourth-order valence-electron chi connectivity index (χ4n) is 3.07. The molecule has 0 aliphatic heterocycles. The van der Waals surface area contributed by atoms with Crippen molar-refractivity contribution in [3.63, 3.8) is 0 Å². The number of carbonyl (C=O) groups is 1. The Balaban J connectivity index is 1.86. The van der Waals surface area contributed by atoms with Crippen molar-refractivity contribution in [1.82, 2.24) is 24.4 Å². The molecule has 12 nitrogen and oxygen atoms in total. The van der Waals surface area contributed by atoms with Gasteiger partial charge in [0, 0.05) is 20.2 Å². The molecule has 0 unspecified atom stereocenters. The van der Waals surface area contributed by atoms with Crippen LogP contribution in [0.3, 0.4) is 0 Å². The van der Waals surface area contributed by atoms with Gasteiger partial charge < -0.3 is 21.2 Å². The number of rotatable bonds is 11. The van der Waals surface area contributed by atoms with Gasteiger partial charge in [0.1, 0.15) is 5.82 Å². The molecule has 0 radical (unpaired) electrons. The molecule has 33 heavy (non-hydrogen) atoms. The maximum Gasteiger partial charge on any atom is 0.330 e. The number of nitrogens with zero attached hydrogens (tertiary/aromatic N) is 5. The quantitative estimate of drug-likeness (QED) is 0.257. The third-order valence-corrected chi connectivity index (χ3v) is 6.56. The van der Waals surface area contributed by atoms with Crippen molar-refractivity contribution in [2.24, 2.45) is 0 Å². The molecular formula is C19H26N8O4S2. The van der Waals surface area contributed by atoms with E-state index in [0.29, 0.717) is 23.9 Å². The van der Waals surface area contributed by atoms with Crippen LogP contribution in [0.5, 0.6) is 0 Å². The number of unbranched alkanes of at least 4 members (excludes halogenated alkanes) is 1. The van der Waals surface area contributed by atoms with Crippen molar-refractivity contribution in [3.05, 3.63) is 38.4 Å². The van der Waals surface area contributed by atoms with Gasteiger partial charge in [-0.25, -0.2) is 9.47 Å². The van der Waals surface area contributed by atoms with Crippen molar-refractivity contribution in [3.8, 4) is 10.7 Å². The second-order valence-corrected chi connectivity index (χ2v) is 8.87. The lowest BCUT2D eigenvalue weighted by molar-refractivity contribution is -0.116. The maximum atomic E-state index is 13.1. The van der Waals surface area contributed by atoms with Crippen LogP contribution in [0.4, 0.5) is 11.5 Å². The smallest absolute Gasteiger partial charge is 0.330 e. The van der Waals surface area contributed by atoms with E-state index in [2.05, 4.69) is 15.2 Å². The zero-order valence-corrected chi connectivity index (χ0v) is 19.9. The number of nitrogens with one attached hydrogen (secondary N) is 1. The average Bonchev–Trinajstić information content (AvgIpc) is 3.43. The number of hydrogen-bond donors (Lipinski definition) is 3. The standard InChI is InChI=1S/C19H26N8O4S2/c1-3-4-7-26-15(20)14(17(29)22-18(26)30)25(8-9-31-2)13(28)11-33-19-24-23-16(27(19)21)12-6-5-10-32-12/h5-6,10H,3-4,7-9,11,20-21H2,1-2H3,(H,22,29,30). The van der Waals surface area contributed by atoms with Crippen LogP contribution in [-0.2, 0) is 16.1 Å². The number of carbonyl (C=O) groups excluding carboxylic acids is 1. The molecule has 0 fully saturated rings. The summed E-state index contributed by atoms with van der Waals surface area (Å²) in [6.45, 7) is 2.54. The number of hydrogen-bond acceptors (Lipinski definition) is 10. The fourth-order valence-corrected chi connectivity index (χ4v) is 4.51. The van der Waals surface area contributed by atoms with E-state index in [0.717, 1.165) is 23.1 Å². The van der Waals surface area contributed by atoms with Crippen LogP contribution in [0.1, 0.15) is 19.8 Å². The Bertz CT molecular complexity index is 1200. The van der Waals surface area contributed by atoms with Crippen molar-refractivity contribution in [2.75, 3.05) is 42.5 Å². The molecule has 178 valence electrons. The Hall–Kier alpha value is -3.10. The number of nitrogen functional groups attached to an aromatic ring is 2. The van der Waals surface area contributed by atoms with E-state index in [1.165, 1.54) is 32.6 Å². The highest BCUT2D eigenvalue weighted by Crippen LogP contribution is 2.26. The van der Waals surface area contributed by atoms with Gasteiger partial charge >= 0.3 is 5.69 Å². The number of H-pyrrole nitrogens is 1. The third kappa shape index (κ3) is 5.46. The molecular weight excluding hydrogens is 468 g/mol. The second-order valence-electron chi connectivity index (χ2n) is 6.98. The molecule has 1 amide bonds. The monoisotopic (exact) mass is 494 g/mol. The summed E-state index contributed by atoms with van der Waals surface area (Å²) in [4.78, 5) is 42.3. The second kappa shape index (κ2) is 11.2. The lowest BCUT2D eigenvalue weighted by Crippen LogP contribution is -2.43. The van der Waals surface area contributed by atoms with Crippen LogP contribution >= 0.6 is 23.1 Å². The summed E-state index contributed by atoms with van der Waals surface area (Å²) in [5, 5.41) is 10.4. The van der Waals surface area contributed by atoms with Gasteiger partial charge in [-0.05, 0) is 17.9 Å². The molecule has 5 N–H and O–H groups in total. The van der Waals surface area contributed by atoms with E-state index in [-0.39, 0.29) is 30.4 Å². The van der Waals surface area contributed by atoms with Crippen LogP contribution in [0, 0.1) is 0 Å². The number of anilines is 2. The first-order valence-electron chi connectivity index (χ1n) is 10.2. The van der Waals surface area contributed by atoms with Crippen LogP contribution in [0.15, 0.2) is 32.3 Å². The van der Waals surface area contributed by atoms with Gasteiger partial charge in [0.25, 0.3) is 5.56 Å². The highest BCUT2D eigenvalue weighted by Gasteiger charge is 2.25. The van der Waals surface area contributed by atoms with Gasteiger partial charge in [0.15, 0.2) is 11.5 Å². The molecule has 0 saturated heterocycles. The summed E-state index contributed by atoms with van der Waals surface area (Å²) in [7, 11) is 1.48. The van der Waals surface area contributed by atoms with E-state index in [1.807, 2.05) is 24.4 Å². The lowest BCUT2D eigenvalue weighted by Gasteiger charge is -2.24. The molecule has 0 bridgehead atoms. The van der Waals surface area contributed by atoms with E-state index in [4.69, 9.17) is 16.3 Å². The largest absolute Gasteiger partial charge is 0.383 e. The summed E-state index contributed by atoms with van der Waals surface area (Å²) in [5.41, 5.74) is 4.75. The van der Waals surface area contributed by atoms with Gasteiger partial charge in [0.2, 0.25) is 11.1 Å². The predicted octanol–water partition coefficient (Wildman–Crippen LogP) is 0.724. The van der Waals surface area contributed by atoms with Crippen LogP contribution in [-0.4, -0.2) is 56.3 Å². The lowest BCUT2D eigenvalue weighted by atomic mass is 10.3. The Labute approximate surface area is 197 Å². The van der Waals surface area contributed by atoms with Crippen LogP contribution in [0.2, 0.25) is 0 Å². The Morgan fingerprint density at radius 1 is 1.36 bits per heavy atom. The van der Waals surface area contributed by atoms with Crippen LogP contribution in [0.25, 0.3) is 10.7 Å². The highest BCUT2D eigenvalue weighted by molar-refractivity contribution is 7.99. The fraction of sp³-hybridized carbons (Fsp3) is 0.421. The number of thiophene rings is 1. The molecule has 3 aromatic heterocycles. The van der Waals surface area contributed by atoms with Crippen molar-refractivity contribution in [2.45, 2.75) is 31.5 Å². The summed E-state index contributed by atoms with van der Waals surface area (Å²) < 4.78 is 7.68. The highest BCUT2D eigenvalue weighted by atomic mass is 32.2. The molecule has 3 rings (SSSR count). The summed E-state index contributed by atoms with van der Waals surface area (Å²) in [6, 6.07) is 3.74. The SMILES string of the molecule is CCCCn1c(N)c(N(CCOC)C(=O)CSc2nnc(-c3cccs3)n2N)c(=O)[nH]c1=O. The molecule has 0 aliphatic carbocycles. The predicted molar refractivity (Wildman–Crippen MR) is 129 cm³/mol. The molecule has 3 aromatic rings. The Morgan fingerprint density at radius 2 is 2.15 bits per heavy atom. The van der Waals surface area contributed by atoms with E-state index in [1.54, 1.807) is 0 Å². The minimum Gasteiger partial charge on any atom is -0.383 e. The number of thioether (sulfide) groups is 1. The summed E-state index contributed by atoms with van der Waals surface area (Å²) in [5.74, 6) is 6.02. The zero-order chi connectivity index (χ0) is 24.0. The molecule has 0 atom stereocenters. The summed E-state index contributed by atoms with van der Waals surface area (Å²) in [6.07, 6.45) is 1.52. The molecule has 3 heterocycles. The van der Waals surface area contributed by atoms with Crippen molar-refractivity contribution < 1.29 is 9.53 Å². The Kier molecular flexibility index (Phi) is 8.30.